The fraction of sp³-hybridized carbons (Fsp3) is 0.125. The van der Waals surface area contributed by atoms with E-state index in [0.29, 0.717) is 16.6 Å². The highest BCUT2D eigenvalue weighted by Gasteiger charge is 2.23. The summed E-state index contributed by atoms with van der Waals surface area (Å²) in [6, 6.07) is 23.0. The van der Waals surface area contributed by atoms with Gasteiger partial charge in [-0.3, -0.25) is 4.72 Å². The van der Waals surface area contributed by atoms with Crippen LogP contribution in [0.5, 0.6) is 0 Å². The molecule has 3 aromatic carbocycles. The molecule has 4 rings (SSSR count). The third-order valence-corrected chi connectivity index (χ3v) is 6.40. The van der Waals surface area contributed by atoms with Gasteiger partial charge in [0, 0.05) is 22.5 Å². The van der Waals surface area contributed by atoms with Crippen LogP contribution in [0.3, 0.4) is 0 Å². The predicted molar refractivity (Wildman–Crippen MR) is 121 cm³/mol. The largest absolute Gasteiger partial charge is 0.462 e. The molecular formula is C24H22N2O4S. The van der Waals surface area contributed by atoms with E-state index in [9.17, 15) is 13.2 Å². The van der Waals surface area contributed by atoms with Gasteiger partial charge in [-0.1, -0.05) is 36.4 Å². The minimum Gasteiger partial charge on any atom is -0.462 e. The van der Waals surface area contributed by atoms with E-state index in [0.717, 1.165) is 16.9 Å². The van der Waals surface area contributed by atoms with E-state index in [1.807, 2.05) is 41.8 Å². The number of ether oxygens (including phenoxy) is 1. The lowest BCUT2D eigenvalue weighted by atomic mass is 10.1. The monoisotopic (exact) mass is 434 g/mol. The molecule has 158 valence electrons. The number of esters is 1. The molecule has 0 spiro atoms. The van der Waals surface area contributed by atoms with Crippen molar-refractivity contribution in [2.45, 2.75) is 18.7 Å². The second-order valence-electron chi connectivity index (χ2n) is 7.00. The zero-order valence-corrected chi connectivity index (χ0v) is 18.0. The van der Waals surface area contributed by atoms with Crippen LogP contribution in [-0.4, -0.2) is 25.6 Å². The summed E-state index contributed by atoms with van der Waals surface area (Å²) >= 11 is 0. The Bertz CT molecular complexity index is 1340. The van der Waals surface area contributed by atoms with Crippen LogP contribution in [-0.2, 0) is 14.8 Å². The number of benzene rings is 3. The van der Waals surface area contributed by atoms with Crippen LogP contribution in [0.15, 0.2) is 83.8 Å². The van der Waals surface area contributed by atoms with Crippen LogP contribution in [0, 0.1) is 6.92 Å². The maximum Gasteiger partial charge on any atom is 0.340 e. The number of fused-ring (bicyclic) bond motifs is 1. The SMILES string of the molecule is CCOC(=O)c1c(C)n(-c2ccccc2)c2ccc(NS(=O)(=O)c3ccccc3)cc12. The Morgan fingerprint density at radius 2 is 1.61 bits per heavy atom. The van der Waals surface area contributed by atoms with Crippen molar-refractivity contribution < 1.29 is 17.9 Å². The second-order valence-corrected chi connectivity index (χ2v) is 8.68. The van der Waals surface area contributed by atoms with Gasteiger partial charge >= 0.3 is 5.97 Å². The van der Waals surface area contributed by atoms with E-state index in [4.69, 9.17) is 4.74 Å². The number of aromatic nitrogens is 1. The van der Waals surface area contributed by atoms with Gasteiger partial charge in [0.15, 0.2) is 0 Å². The molecule has 0 aliphatic rings. The summed E-state index contributed by atoms with van der Waals surface area (Å²) in [6.45, 7) is 3.85. The van der Waals surface area contributed by atoms with Gasteiger partial charge in [-0.25, -0.2) is 13.2 Å². The first-order chi connectivity index (χ1) is 14.9. The van der Waals surface area contributed by atoms with E-state index >= 15 is 0 Å². The Labute approximate surface area is 181 Å². The van der Waals surface area contributed by atoms with Gasteiger partial charge in [-0.2, -0.15) is 0 Å². The number of nitrogens with one attached hydrogen (secondary N) is 1. The van der Waals surface area contributed by atoms with Gasteiger partial charge in [0.05, 0.1) is 22.6 Å². The molecule has 1 aromatic heterocycles. The molecule has 0 unspecified atom stereocenters. The van der Waals surface area contributed by atoms with Crippen molar-refractivity contribution in [1.29, 1.82) is 0 Å². The Morgan fingerprint density at radius 3 is 2.26 bits per heavy atom. The zero-order chi connectivity index (χ0) is 22.0. The Morgan fingerprint density at radius 1 is 0.968 bits per heavy atom. The van der Waals surface area contributed by atoms with Gasteiger partial charge < -0.3 is 9.30 Å². The number of carbonyl (C=O) groups excluding carboxylic acids is 1. The number of para-hydroxylation sites is 1. The minimum atomic E-state index is -3.75. The van der Waals surface area contributed by atoms with Crippen LogP contribution >= 0.6 is 0 Å². The number of anilines is 1. The third kappa shape index (κ3) is 3.92. The van der Waals surface area contributed by atoms with Gasteiger partial charge in [0.1, 0.15) is 0 Å². The summed E-state index contributed by atoms with van der Waals surface area (Å²) in [5, 5.41) is 0.619. The van der Waals surface area contributed by atoms with Crippen LogP contribution < -0.4 is 4.72 Å². The van der Waals surface area contributed by atoms with Crippen LogP contribution in [0.2, 0.25) is 0 Å². The highest BCUT2D eigenvalue weighted by Crippen LogP contribution is 2.32. The van der Waals surface area contributed by atoms with E-state index in [1.165, 1.54) is 12.1 Å². The van der Waals surface area contributed by atoms with Crippen molar-refractivity contribution in [1.82, 2.24) is 4.57 Å². The van der Waals surface area contributed by atoms with E-state index < -0.39 is 16.0 Å². The molecule has 4 aromatic rings. The standard InChI is InChI=1S/C24H22N2O4S/c1-3-30-24(27)23-17(2)26(19-10-6-4-7-11-19)22-15-14-18(16-21(22)23)25-31(28,29)20-12-8-5-9-13-20/h4-16,25H,3H2,1-2H3. The molecular weight excluding hydrogens is 412 g/mol. The lowest BCUT2D eigenvalue weighted by Crippen LogP contribution is -2.12. The van der Waals surface area contributed by atoms with Gasteiger partial charge in [-0.15, -0.1) is 0 Å². The third-order valence-electron chi connectivity index (χ3n) is 5.00. The lowest BCUT2D eigenvalue weighted by Gasteiger charge is -2.10. The van der Waals surface area contributed by atoms with Crippen molar-refractivity contribution in [2.75, 3.05) is 11.3 Å². The first kappa shape index (κ1) is 20.7. The normalized spacial score (nSPS) is 11.4. The number of hydrogen-bond donors (Lipinski definition) is 1. The van der Waals surface area contributed by atoms with E-state index in [-0.39, 0.29) is 11.5 Å². The van der Waals surface area contributed by atoms with Gasteiger partial charge in [0.2, 0.25) is 0 Å². The lowest BCUT2D eigenvalue weighted by molar-refractivity contribution is 0.0527. The maximum absolute atomic E-state index is 12.8. The summed E-state index contributed by atoms with van der Waals surface area (Å²) in [5.41, 5.74) is 3.20. The molecule has 0 aliphatic carbocycles. The molecule has 0 bridgehead atoms. The van der Waals surface area contributed by atoms with Crippen LogP contribution in [0.4, 0.5) is 5.69 Å². The Kier molecular flexibility index (Phi) is 5.52. The highest BCUT2D eigenvalue weighted by molar-refractivity contribution is 7.92. The Hall–Kier alpha value is -3.58. The molecule has 31 heavy (non-hydrogen) atoms. The predicted octanol–water partition coefficient (Wildman–Crippen LogP) is 4.92. The summed E-state index contributed by atoms with van der Waals surface area (Å²) < 4.78 is 35.3. The first-order valence-electron chi connectivity index (χ1n) is 9.88. The second kappa shape index (κ2) is 8.28. The highest BCUT2D eigenvalue weighted by atomic mass is 32.2. The number of nitrogens with zero attached hydrogens (tertiary/aromatic N) is 1. The van der Waals surface area contributed by atoms with Crippen molar-refractivity contribution in [3.05, 3.63) is 90.1 Å². The first-order valence-corrected chi connectivity index (χ1v) is 11.4. The van der Waals surface area contributed by atoms with Crippen LogP contribution in [0.1, 0.15) is 23.0 Å². The average Bonchev–Trinajstić information content (AvgIpc) is 3.06. The summed E-state index contributed by atoms with van der Waals surface area (Å²) in [6.07, 6.45) is 0. The number of hydrogen-bond acceptors (Lipinski definition) is 4. The van der Waals surface area contributed by atoms with Crippen molar-refractivity contribution in [2.24, 2.45) is 0 Å². The topological polar surface area (TPSA) is 77.4 Å². The zero-order valence-electron chi connectivity index (χ0n) is 17.2. The fourth-order valence-corrected chi connectivity index (χ4v) is 4.74. The molecule has 0 saturated carbocycles. The minimum absolute atomic E-state index is 0.166. The molecule has 0 fully saturated rings. The maximum atomic E-state index is 12.8. The quantitative estimate of drug-likeness (QED) is 0.437. The van der Waals surface area contributed by atoms with Gasteiger partial charge in [-0.05, 0) is 56.3 Å². The summed E-state index contributed by atoms with van der Waals surface area (Å²) in [4.78, 5) is 12.9. The molecule has 0 saturated heterocycles. The van der Waals surface area contributed by atoms with Crippen LogP contribution in [0.25, 0.3) is 16.6 Å². The van der Waals surface area contributed by atoms with E-state index in [1.54, 1.807) is 43.3 Å². The summed E-state index contributed by atoms with van der Waals surface area (Å²) in [5.74, 6) is -0.442. The molecule has 0 aliphatic heterocycles. The molecule has 0 atom stereocenters. The average molecular weight is 435 g/mol. The summed E-state index contributed by atoms with van der Waals surface area (Å²) in [7, 11) is -3.75. The van der Waals surface area contributed by atoms with E-state index in [2.05, 4.69) is 4.72 Å². The number of carbonyl (C=O) groups is 1. The number of rotatable bonds is 6. The van der Waals surface area contributed by atoms with Gasteiger partial charge in [0.25, 0.3) is 10.0 Å². The van der Waals surface area contributed by atoms with Crippen molar-refractivity contribution in [3.8, 4) is 5.69 Å². The molecule has 7 heteroatoms. The number of sulfonamides is 1. The molecule has 1 N–H and O–H groups in total. The molecule has 1 heterocycles. The van der Waals surface area contributed by atoms with Crippen molar-refractivity contribution in [3.63, 3.8) is 0 Å². The molecule has 0 amide bonds. The fourth-order valence-electron chi connectivity index (χ4n) is 3.67. The smallest absolute Gasteiger partial charge is 0.340 e. The Balaban J connectivity index is 1.87. The molecule has 6 nitrogen and oxygen atoms in total. The van der Waals surface area contributed by atoms with Crippen molar-refractivity contribution >= 4 is 32.6 Å². The molecule has 0 radical (unpaired) electrons.